The highest BCUT2D eigenvalue weighted by Gasteiger charge is 2.33. The van der Waals surface area contributed by atoms with Gasteiger partial charge in [0.25, 0.3) is 5.76 Å². The lowest BCUT2D eigenvalue weighted by molar-refractivity contribution is -0.135. The minimum Gasteiger partial charge on any atom is -0.535 e. The summed E-state index contributed by atoms with van der Waals surface area (Å²) in [7, 11) is -6.05. The van der Waals surface area contributed by atoms with Crippen molar-refractivity contribution in [2.45, 2.75) is 58.9 Å². The van der Waals surface area contributed by atoms with Crippen molar-refractivity contribution >= 4 is 30.9 Å². The number of carboxylic acid groups (broad SMARTS) is 1. The molecular weight excluding hydrogens is 308 g/mol. The minimum absolute atomic E-state index is 0.0539. The van der Waals surface area contributed by atoms with Crippen LogP contribution in [0.1, 0.15) is 0 Å². The summed E-state index contributed by atoms with van der Waals surface area (Å²) in [5, 5.41) is 9.41. The van der Waals surface area contributed by atoms with Gasteiger partial charge in [0.15, 0.2) is 0 Å². The predicted octanol–water partition coefficient (Wildman–Crippen LogP) is 3.79. The summed E-state index contributed by atoms with van der Waals surface area (Å²) in [6.07, 6.45) is 0. The lowest BCUT2D eigenvalue weighted by atomic mass is 10.5. The molecule has 0 rings (SSSR count). The molecule has 0 spiro atoms. The van der Waals surface area contributed by atoms with E-state index in [2.05, 4.69) is 0 Å². The molecule has 0 radical (unpaired) electrons. The van der Waals surface area contributed by atoms with Gasteiger partial charge in [-0.1, -0.05) is 0 Å². The molecular formula is C12H28O5Si3. The van der Waals surface area contributed by atoms with E-state index in [9.17, 15) is 9.90 Å². The Morgan fingerprint density at radius 3 is 1.20 bits per heavy atom. The number of carboxylic acids is 1. The summed E-state index contributed by atoms with van der Waals surface area (Å²) in [6.45, 7) is 17.7. The average molecular weight is 337 g/mol. The first-order valence-electron chi connectivity index (χ1n) is 6.65. The van der Waals surface area contributed by atoms with Gasteiger partial charge in [0.05, 0.1) is 0 Å². The van der Waals surface area contributed by atoms with Crippen LogP contribution in [-0.4, -0.2) is 36.0 Å². The molecule has 0 fully saturated rings. The normalized spacial score (nSPS) is 12.7. The molecule has 20 heavy (non-hydrogen) atoms. The number of aliphatic carboxylic acids is 1. The van der Waals surface area contributed by atoms with Gasteiger partial charge in [-0.25, -0.2) is 4.79 Å². The van der Waals surface area contributed by atoms with Crippen LogP contribution < -0.4 is 0 Å². The molecule has 0 aromatic heterocycles. The van der Waals surface area contributed by atoms with Gasteiger partial charge in [-0.2, -0.15) is 0 Å². The number of hydrogen-bond acceptors (Lipinski definition) is 4. The minimum atomic E-state index is -2.06. The smallest absolute Gasteiger partial charge is 0.377 e. The van der Waals surface area contributed by atoms with E-state index in [0.717, 1.165) is 0 Å². The molecule has 0 atom stereocenters. The maximum absolute atomic E-state index is 11.5. The van der Waals surface area contributed by atoms with Crippen LogP contribution in [0.4, 0.5) is 0 Å². The van der Waals surface area contributed by atoms with Crippen LogP contribution in [0.5, 0.6) is 0 Å². The van der Waals surface area contributed by atoms with Gasteiger partial charge >= 0.3 is 11.9 Å². The fourth-order valence-electron chi connectivity index (χ4n) is 1.15. The third-order valence-corrected chi connectivity index (χ3v) is 4.00. The van der Waals surface area contributed by atoms with Crippen LogP contribution in [-0.2, 0) is 18.1 Å². The van der Waals surface area contributed by atoms with E-state index >= 15 is 0 Å². The molecule has 0 unspecified atom stereocenters. The molecule has 1 N–H and O–H groups in total. The van der Waals surface area contributed by atoms with Gasteiger partial charge in [0.2, 0.25) is 25.0 Å². The molecule has 0 aromatic carbocycles. The van der Waals surface area contributed by atoms with Crippen LogP contribution in [0.15, 0.2) is 11.7 Å². The van der Waals surface area contributed by atoms with Gasteiger partial charge in [-0.05, 0) is 58.9 Å². The van der Waals surface area contributed by atoms with E-state index in [1.807, 2.05) is 58.9 Å². The maximum Gasteiger partial charge on any atom is 0.377 e. The van der Waals surface area contributed by atoms with Gasteiger partial charge < -0.3 is 18.4 Å². The number of hydrogen-bond donors (Lipinski definition) is 1. The maximum atomic E-state index is 11.5. The molecule has 0 saturated carbocycles. The Balaban J connectivity index is 5.68. The summed E-state index contributed by atoms with van der Waals surface area (Å²) in [4.78, 5) is 11.5. The van der Waals surface area contributed by atoms with Crippen molar-refractivity contribution in [3.63, 3.8) is 0 Å². The van der Waals surface area contributed by atoms with E-state index in [-0.39, 0.29) is 11.7 Å². The van der Waals surface area contributed by atoms with Gasteiger partial charge in [-0.3, -0.25) is 0 Å². The standard InChI is InChI=1S/C12H28O5Si3/c1-18(2,3)15-10(11(13)14)12(16-19(4,5)6)17-20(7,8)9/h1-9H3,(H,13,14). The fraction of sp³-hybridized carbons (Fsp3) is 0.750. The molecule has 0 aliphatic heterocycles. The zero-order chi connectivity index (χ0) is 16.4. The van der Waals surface area contributed by atoms with Crippen LogP contribution in [0.25, 0.3) is 0 Å². The van der Waals surface area contributed by atoms with Crippen LogP contribution in [0.2, 0.25) is 58.9 Å². The highest BCUT2D eigenvalue weighted by atomic mass is 28.4. The summed E-state index contributed by atoms with van der Waals surface area (Å²) in [6, 6.07) is 0. The molecule has 0 bridgehead atoms. The topological polar surface area (TPSA) is 65.0 Å². The second-order valence-electron chi connectivity index (χ2n) is 7.57. The summed E-state index contributed by atoms with van der Waals surface area (Å²) in [5.74, 6) is -1.27. The predicted molar refractivity (Wildman–Crippen MR) is 88.0 cm³/mol. The highest BCUT2D eigenvalue weighted by Crippen LogP contribution is 2.23. The van der Waals surface area contributed by atoms with Crippen molar-refractivity contribution in [1.29, 1.82) is 0 Å². The summed E-state index contributed by atoms with van der Waals surface area (Å²) in [5.41, 5.74) is 0. The molecule has 0 saturated heterocycles. The molecule has 0 heterocycles. The molecule has 0 aliphatic rings. The first-order chi connectivity index (χ1) is 8.61. The SMILES string of the molecule is C[Si](C)(C)OC(O[Si](C)(C)C)=C(O[Si](C)(C)C)C(=O)O. The second-order valence-corrected chi connectivity index (χ2v) is 20.9. The Hall–Kier alpha value is -0.739. The first kappa shape index (κ1) is 19.3. The third-order valence-electron chi connectivity index (χ3n) is 1.59. The fourth-order valence-corrected chi connectivity index (χ4v) is 3.40. The Kier molecular flexibility index (Phi) is 6.12. The van der Waals surface area contributed by atoms with Crippen molar-refractivity contribution < 1.29 is 23.2 Å². The molecule has 118 valence electrons. The molecule has 8 heteroatoms. The first-order valence-corrected chi connectivity index (χ1v) is 16.9. The molecule has 0 aliphatic carbocycles. The average Bonchev–Trinajstić information content (AvgIpc) is 2.06. The summed E-state index contributed by atoms with van der Waals surface area (Å²) < 4.78 is 17.3. The van der Waals surface area contributed by atoms with E-state index in [1.54, 1.807) is 0 Å². The second kappa shape index (κ2) is 6.35. The number of carbonyl (C=O) groups is 1. The summed E-state index contributed by atoms with van der Waals surface area (Å²) >= 11 is 0. The number of rotatable bonds is 7. The lowest BCUT2D eigenvalue weighted by Gasteiger charge is -2.30. The Morgan fingerprint density at radius 1 is 0.700 bits per heavy atom. The van der Waals surface area contributed by atoms with Crippen LogP contribution >= 0.6 is 0 Å². The Labute approximate surface area is 125 Å². The van der Waals surface area contributed by atoms with E-state index in [1.165, 1.54) is 0 Å². The Morgan fingerprint density at radius 2 is 1.00 bits per heavy atom. The van der Waals surface area contributed by atoms with Gasteiger partial charge in [-0.15, -0.1) is 0 Å². The largest absolute Gasteiger partial charge is 0.535 e. The van der Waals surface area contributed by atoms with Crippen molar-refractivity contribution in [1.82, 2.24) is 0 Å². The van der Waals surface area contributed by atoms with Gasteiger partial charge in [0.1, 0.15) is 0 Å². The lowest BCUT2D eigenvalue weighted by Crippen LogP contribution is -2.35. The van der Waals surface area contributed by atoms with Crippen molar-refractivity contribution in [2.24, 2.45) is 0 Å². The van der Waals surface area contributed by atoms with Crippen molar-refractivity contribution in [2.75, 3.05) is 0 Å². The molecule has 0 amide bonds. The van der Waals surface area contributed by atoms with E-state index in [0.29, 0.717) is 0 Å². The third kappa shape index (κ3) is 9.21. The van der Waals surface area contributed by atoms with E-state index < -0.39 is 30.9 Å². The van der Waals surface area contributed by atoms with Crippen molar-refractivity contribution in [3.05, 3.63) is 11.7 Å². The monoisotopic (exact) mass is 336 g/mol. The molecule has 5 nitrogen and oxygen atoms in total. The van der Waals surface area contributed by atoms with Crippen LogP contribution in [0, 0.1) is 0 Å². The van der Waals surface area contributed by atoms with Crippen molar-refractivity contribution in [3.8, 4) is 0 Å². The van der Waals surface area contributed by atoms with Crippen LogP contribution in [0.3, 0.4) is 0 Å². The quantitative estimate of drug-likeness (QED) is 0.435. The van der Waals surface area contributed by atoms with E-state index in [4.69, 9.17) is 13.3 Å². The highest BCUT2D eigenvalue weighted by molar-refractivity contribution is 6.71. The zero-order valence-electron chi connectivity index (χ0n) is 14.1. The molecule has 0 aromatic rings. The van der Waals surface area contributed by atoms with Gasteiger partial charge in [0, 0.05) is 0 Å². The Bertz CT molecular complexity index is 367. The zero-order valence-corrected chi connectivity index (χ0v) is 17.1.